The standard InChI is InChI=1S/C11H15NO3/c13-8(7-6-10(7)4-5-10)12-11(9(14)15)2-1-3-11/h7H,1-6H2,(H,12,13)(H,14,15). The first kappa shape index (κ1) is 9.19. The van der Waals surface area contributed by atoms with Crippen LogP contribution in [-0.4, -0.2) is 22.5 Å². The molecule has 1 spiro atoms. The Labute approximate surface area is 88.0 Å². The van der Waals surface area contributed by atoms with Gasteiger partial charge < -0.3 is 10.4 Å². The van der Waals surface area contributed by atoms with Crippen LogP contribution in [0, 0.1) is 11.3 Å². The van der Waals surface area contributed by atoms with Crippen molar-refractivity contribution in [2.75, 3.05) is 0 Å². The maximum Gasteiger partial charge on any atom is 0.329 e. The van der Waals surface area contributed by atoms with Gasteiger partial charge in [0.25, 0.3) is 0 Å². The number of carboxylic acid groups (broad SMARTS) is 1. The normalized spacial score (nSPS) is 32.9. The highest BCUT2D eigenvalue weighted by molar-refractivity contribution is 5.90. The minimum Gasteiger partial charge on any atom is -0.480 e. The van der Waals surface area contributed by atoms with Crippen molar-refractivity contribution in [2.24, 2.45) is 11.3 Å². The summed E-state index contributed by atoms with van der Waals surface area (Å²) in [4.78, 5) is 22.8. The van der Waals surface area contributed by atoms with Crippen LogP contribution in [0.5, 0.6) is 0 Å². The number of carbonyl (C=O) groups is 2. The van der Waals surface area contributed by atoms with E-state index >= 15 is 0 Å². The van der Waals surface area contributed by atoms with Gasteiger partial charge in [0.15, 0.2) is 0 Å². The van der Waals surface area contributed by atoms with Gasteiger partial charge in [-0.3, -0.25) is 4.79 Å². The summed E-state index contributed by atoms with van der Waals surface area (Å²) in [6.45, 7) is 0. The third-order valence-corrected chi connectivity index (χ3v) is 4.38. The van der Waals surface area contributed by atoms with Crippen molar-refractivity contribution in [3.05, 3.63) is 0 Å². The number of hydrogen-bond donors (Lipinski definition) is 2. The van der Waals surface area contributed by atoms with Crippen LogP contribution in [0.15, 0.2) is 0 Å². The van der Waals surface area contributed by atoms with Gasteiger partial charge in [0.1, 0.15) is 5.54 Å². The molecule has 0 heterocycles. The summed E-state index contributed by atoms with van der Waals surface area (Å²) in [7, 11) is 0. The molecular formula is C11H15NO3. The van der Waals surface area contributed by atoms with Crippen LogP contribution in [0.25, 0.3) is 0 Å². The van der Waals surface area contributed by atoms with Crippen molar-refractivity contribution in [3.8, 4) is 0 Å². The second-order valence-electron chi connectivity index (χ2n) is 5.35. The summed E-state index contributed by atoms with van der Waals surface area (Å²) < 4.78 is 0. The summed E-state index contributed by atoms with van der Waals surface area (Å²) in [5, 5.41) is 11.8. The average Bonchev–Trinajstić information content (AvgIpc) is 3.00. The quantitative estimate of drug-likeness (QED) is 0.726. The lowest BCUT2D eigenvalue weighted by Crippen LogP contribution is -2.59. The minimum atomic E-state index is -0.921. The maximum absolute atomic E-state index is 11.8. The molecular weight excluding hydrogens is 194 g/mol. The molecule has 2 N–H and O–H groups in total. The van der Waals surface area contributed by atoms with Gasteiger partial charge in [0.2, 0.25) is 5.91 Å². The van der Waals surface area contributed by atoms with E-state index in [0.717, 1.165) is 25.7 Å². The molecule has 0 aromatic rings. The summed E-state index contributed by atoms with van der Waals surface area (Å²) in [5.41, 5.74) is -0.608. The summed E-state index contributed by atoms with van der Waals surface area (Å²) in [6, 6.07) is 0. The Morgan fingerprint density at radius 3 is 2.20 bits per heavy atom. The highest BCUT2D eigenvalue weighted by Gasteiger charge is 2.66. The zero-order valence-electron chi connectivity index (χ0n) is 8.58. The monoisotopic (exact) mass is 209 g/mol. The molecule has 0 aromatic carbocycles. The fraction of sp³-hybridized carbons (Fsp3) is 0.818. The van der Waals surface area contributed by atoms with Crippen LogP contribution in [0.1, 0.15) is 38.5 Å². The van der Waals surface area contributed by atoms with Crippen LogP contribution < -0.4 is 5.32 Å². The highest BCUT2D eigenvalue weighted by atomic mass is 16.4. The zero-order chi connectivity index (χ0) is 10.7. The van der Waals surface area contributed by atoms with Gasteiger partial charge in [0.05, 0.1) is 0 Å². The molecule has 3 fully saturated rings. The van der Waals surface area contributed by atoms with E-state index in [1.807, 2.05) is 0 Å². The van der Waals surface area contributed by atoms with E-state index in [1.165, 1.54) is 0 Å². The van der Waals surface area contributed by atoms with Gasteiger partial charge in [0, 0.05) is 5.92 Å². The third kappa shape index (κ3) is 1.20. The number of hydrogen-bond acceptors (Lipinski definition) is 2. The van der Waals surface area contributed by atoms with E-state index < -0.39 is 11.5 Å². The first-order valence-electron chi connectivity index (χ1n) is 5.64. The van der Waals surface area contributed by atoms with Crippen molar-refractivity contribution < 1.29 is 14.7 Å². The van der Waals surface area contributed by atoms with Crippen LogP contribution >= 0.6 is 0 Å². The molecule has 15 heavy (non-hydrogen) atoms. The van der Waals surface area contributed by atoms with E-state index in [1.54, 1.807) is 0 Å². The number of aliphatic carboxylic acids is 1. The first-order valence-corrected chi connectivity index (χ1v) is 5.64. The molecule has 4 nitrogen and oxygen atoms in total. The summed E-state index contributed by atoms with van der Waals surface area (Å²) in [5.74, 6) is -0.767. The average molecular weight is 209 g/mol. The van der Waals surface area contributed by atoms with Crippen molar-refractivity contribution in [1.82, 2.24) is 5.32 Å². The van der Waals surface area contributed by atoms with Crippen LogP contribution in [0.4, 0.5) is 0 Å². The Kier molecular flexibility index (Phi) is 1.56. The molecule has 3 aliphatic carbocycles. The molecule has 3 rings (SSSR count). The smallest absolute Gasteiger partial charge is 0.329 e. The summed E-state index contributed by atoms with van der Waals surface area (Å²) >= 11 is 0. The topological polar surface area (TPSA) is 66.4 Å². The minimum absolute atomic E-state index is 0.0189. The lowest BCUT2D eigenvalue weighted by Gasteiger charge is -2.38. The van der Waals surface area contributed by atoms with Crippen molar-refractivity contribution >= 4 is 11.9 Å². The lowest BCUT2D eigenvalue weighted by atomic mass is 9.76. The molecule has 0 aliphatic heterocycles. The van der Waals surface area contributed by atoms with Gasteiger partial charge in [-0.15, -0.1) is 0 Å². The Balaban J connectivity index is 1.64. The second-order valence-corrected chi connectivity index (χ2v) is 5.35. The van der Waals surface area contributed by atoms with Gasteiger partial charge in [-0.1, -0.05) is 0 Å². The maximum atomic E-state index is 11.8. The van der Waals surface area contributed by atoms with Crippen molar-refractivity contribution in [3.63, 3.8) is 0 Å². The third-order valence-electron chi connectivity index (χ3n) is 4.38. The molecule has 0 bridgehead atoms. The molecule has 1 amide bonds. The van der Waals surface area contributed by atoms with Crippen molar-refractivity contribution in [2.45, 2.75) is 44.1 Å². The summed E-state index contributed by atoms with van der Waals surface area (Å²) in [6.07, 6.45) is 5.38. The fourth-order valence-corrected chi connectivity index (χ4v) is 2.68. The fourth-order valence-electron chi connectivity index (χ4n) is 2.68. The number of carbonyl (C=O) groups excluding carboxylic acids is 1. The molecule has 4 heteroatoms. The van der Waals surface area contributed by atoms with Gasteiger partial charge in [-0.25, -0.2) is 4.79 Å². The predicted molar refractivity (Wildman–Crippen MR) is 52.1 cm³/mol. The van der Waals surface area contributed by atoms with Crippen LogP contribution in [-0.2, 0) is 9.59 Å². The van der Waals surface area contributed by atoms with E-state index in [4.69, 9.17) is 5.11 Å². The molecule has 1 unspecified atom stereocenters. The predicted octanol–water partition coefficient (Wildman–Crippen LogP) is 0.910. The Morgan fingerprint density at radius 2 is 1.87 bits per heavy atom. The Morgan fingerprint density at radius 1 is 1.20 bits per heavy atom. The van der Waals surface area contributed by atoms with Gasteiger partial charge >= 0.3 is 5.97 Å². The lowest BCUT2D eigenvalue weighted by molar-refractivity contribution is -0.152. The van der Waals surface area contributed by atoms with E-state index in [2.05, 4.69) is 5.32 Å². The van der Waals surface area contributed by atoms with E-state index in [0.29, 0.717) is 18.3 Å². The van der Waals surface area contributed by atoms with Crippen LogP contribution in [0.3, 0.4) is 0 Å². The van der Waals surface area contributed by atoms with Gasteiger partial charge in [-0.05, 0) is 43.9 Å². The molecule has 3 aliphatic rings. The number of rotatable bonds is 3. The van der Waals surface area contributed by atoms with E-state index in [9.17, 15) is 9.59 Å². The van der Waals surface area contributed by atoms with Gasteiger partial charge in [-0.2, -0.15) is 0 Å². The Hall–Kier alpha value is -1.06. The highest BCUT2D eigenvalue weighted by Crippen LogP contribution is 2.70. The number of carboxylic acids is 1. The number of nitrogens with one attached hydrogen (secondary N) is 1. The molecule has 1 atom stereocenters. The molecule has 0 aromatic heterocycles. The first-order chi connectivity index (χ1) is 7.08. The second kappa shape index (κ2) is 2.54. The number of amides is 1. The molecule has 82 valence electrons. The van der Waals surface area contributed by atoms with E-state index in [-0.39, 0.29) is 11.8 Å². The molecule has 3 saturated carbocycles. The van der Waals surface area contributed by atoms with Crippen LogP contribution in [0.2, 0.25) is 0 Å². The molecule has 0 saturated heterocycles. The zero-order valence-corrected chi connectivity index (χ0v) is 8.58. The Bertz CT molecular complexity index is 342. The SMILES string of the molecule is O=C(NC1(C(=O)O)CCC1)C1CC12CC2. The largest absolute Gasteiger partial charge is 0.480 e. The van der Waals surface area contributed by atoms with Crippen molar-refractivity contribution in [1.29, 1.82) is 0 Å². The molecule has 0 radical (unpaired) electrons.